The van der Waals surface area contributed by atoms with Gasteiger partial charge < -0.3 is 20.1 Å². The van der Waals surface area contributed by atoms with E-state index in [0.717, 1.165) is 63.6 Å². The summed E-state index contributed by atoms with van der Waals surface area (Å²) in [6.45, 7) is 3.03. The highest BCUT2D eigenvalue weighted by atomic mass is 35.5. The molecule has 2 aromatic heterocycles. The summed E-state index contributed by atoms with van der Waals surface area (Å²) >= 11 is 8.02. The van der Waals surface area contributed by atoms with Gasteiger partial charge in [0.15, 0.2) is 0 Å². The predicted octanol–water partition coefficient (Wildman–Crippen LogP) is 7.62. The number of nitrogens with zero attached hydrogens (tertiary/aromatic N) is 3. The van der Waals surface area contributed by atoms with Crippen molar-refractivity contribution in [1.29, 1.82) is 0 Å². The van der Waals surface area contributed by atoms with Crippen LogP contribution in [0.3, 0.4) is 0 Å². The van der Waals surface area contributed by atoms with E-state index in [1.54, 1.807) is 13.3 Å². The van der Waals surface area contributed by atoms with E-state index in [2.05, 4.69) is 14.9 Å². The fraction of sp³-hybridized carbons (Fsp3) is 0.188. The molecule has 0 saturated carbocycles. The number of pyridine rings is 2. The highest BCUT2D eigenvalue weighted by Gasteiger charge is 2.16. The maximum atomic E-state index is 14.2. The van der Waals surface area contributed by atoms with Crippen LogP contribution in [0.25, 0.3) is 33.2 Å². The Kier molecular flexibility index (Phi) is 8.15. The van der Waals surface area contributed by atoms with Crippen LogP contribution in [0.1, 0.15) is 5.56 Å². The quantitative estimate of drug-likeness (QED) is 0.192. The number of halogens is 3. The zero-order valence-electron chi connectivity index (χ0n) is 22.7. The van der Waals surface area contributed by atoms with Gasteiger partial charge in [0.2, 0.25) is 5.88 Å². The van der Waals surface area contributed by atoms with Crippen LogP contribution in [-0.4, -0.2) is 43.4 Å². The summed E-state index contributed by atoms with van der Waals surface area (Å²) in [5.74, 6) is 0.0229. The van der Waals surface area contributed by atoms with Crippen LogP contribution in [-0.2, 0) is 10.5 Å². The van der Waals surface area contributed by atoms with Crippen LogP contribution in [0.2, 0.25) is 5.02 Å². The molecule has 1 aliphatic rings. The number of benzene rings is 3. The predicted molar refractivity (Wildman–Crippen MR) is 165 cm³/mol. The van der Waals surface area contributed by atoms with Gasteiger partial charge in [-0.25, -0.2) is 18.7 Å². The van der Waals surface area contributed by atoms with Crippen molar-refractivity contribution >= 4 is 45.8 Å². The molecular formula is C32H27ClF2N4O2S. The second-order valence-corrected chi connectivity index (χ2v) is 11.3. The molecule has 5 aromatic rings. The number of ether oxygens (including phenoxy) is 2. The summed E-state index contributed by atoms with van der Waals surface area (Å²) in [6.07, 6.45) is 1.74. The SMILES string of the molecule is COc1ncc(-c2ccc3nc(N)c(-c4ccc(N5CCOCC5)cc4Cl)cc3c2)cc1CSc1ccc(F)cc1F. The second-order valence-electron chi connectivity index (χ2n) is 9.85. The van der Waals surface area contributed by atoms with Gasteiger partial charge in [0, 0.05) is 69.3 Å². The van der Waals surface area contributed by atoms with Gasteiger partial charge in [0.25, 0.3) is 0 Å². The largest absolute Gasteiger partial charge is 0.481 e. The highest BCUT2D eigenvalue weighted by molar-refractivity contribution is 7.98. The van der Waals surface area contributed by atoms with E-state index in [1.807, 2.05) is 48.5 Å². The summed E-state index contributed by atoms with van der Waals surface area (Å²) in [7, 11) is 1.54. The molecule has 0 unspecified atom stereocenters. The third kappa shape index (κ3) is 5.86. The topological polar surface area (TPSA) is 73.5 Å². The Morgan fingerprint density at radius 1 is 0.976 bits per heavy atom. The van der Waals surface area contributed by atoms with Crippen LogP contribution in [0.15, 0.2) is 77.8 Å². The molecule has 1 aliphatic heterocycles. The van der Waals surface area contributed by atoms with Crippen LogP contribution < -0.4 is 15.4 Å². The zero-order chi connectivity index (χ0) is 29.2. The van der Waals surface area contributed by atoms with Gasteiger partial charge in [-0.2, -0.15) is 0 Å². The van der Waals surface area contributed by atoms with E-state index in [9.17, 15) is 8.78 Å². The number of rotatable bonds is 7. The Morgan fingerprint density at radius 3 is 2.57 bits per heavy atom. The van der Waals surface area contributed by atoms with Crippen LogP contribution in [0.4, 0.5) is 20.3 Å². The van der Waals surface area contributed by atoms with Gasteiger partial charge in [0.05, 0.1) is 30.9 Å². The second kappa shape index (κ2) is 12.1. The van der Waals surface area contributed by atoms with Gasteiger partial charge >= 0.3 is 0 Å². The Labute approximate surface area is 251 Å². The Hall–Kier alpha value is -3.92. The number of methoxy groups -OCH3 is 1. The lowest BCUT2D eigenvalue weighted by molar-refractivity contribution is 0.122. The molecule has 1 saturated heterocycles. The van der Waals surface area contributed by atoms with Crippen molar-refractivity contribution in [2.24, 2.45) is 0 Å². The van der Waals surface area contributed by atoms with E-state index in [1.165, 1.54) is 23.9 Å². The summed E-state index contributed by atoms with van der Waals surface area (Å²) in [5.41, 5.74) is 12.3. The van der Waals surface area contributed by atoms with E-state index < -0.39 is 11.6 Å². The van der Waals surface area contributed by atoms with Crippen molar-refractivity contribution in [1.82, 2.24) is 9.97 Å². The number of morpholine rings is 1. The fourth-order valence-corrected chi connectivity index (χ4v) is 6.17. The minimum absolute atomic E-state index is 0.349. The molecule has 0 amide bonds. The molecule has 6 rings (SSSR count). The zero-order valence-corrected chi connectivity index (χ0v) is 24.3. The van der Waals surface area contributed by atoms with Crippen molar-refractivity contribution in [2.45, 2.75) is 10.6 Å². The number of hydrogen-bond acceptors (Lipinski definition) is 7. The first-order valence-electron chi connectivity index (χ1n) is 13.3. The summed E-state index contributed by atoms with van der Waals surface area (Å²) in [5, 5.41) is 1.49. The minimum atomic E-state index is -0.610. The summed E-state index contributed by atoms with van der Waals surface area (Å²) in [4.78, 5) is 11.7. The summed E-state index contributed by atoms with van der Waals surface area (Å²) in [6, 6.07) is 19.4. The normalized spacial score (nSPS) is 13.5. The monoisotopic (exact) mass is 604 g/mol. The first kappa shape index (κ1) is 28.2. The lowest BCUT2D eigenvalue weighted by Crippen LogP contribution is -2.36. The van der Waals surface area contributed by atoms with Crippen LogP contribution in [0, 0.1) is 11.6 Å². The number of aromatic nitrogens is 2. The summed E-state index contributed by atoms with van der Waals surface area (Å²) < 4.78 is 38.5. The maximum absolute atomic E-state index is 14.2. The number of hydrogen-bond donors (Lipinski definition) is 1. The first-order valence-corrected chi connectivity index (χ1v) is 14.7. The van der Waals surface area contributed by atoms with Gasteiger partial charge in [-0.15, -0.1) is 11.8 Å². The molecule has 0 bridgehead atoms. The average molecular weight is 605 g/mol. The maximum Gasteiger partial charge on any atom is 0.217 e. The first-order chi connectivity index (χ1) is 20.4. The number of fused-ring (bicyclic) bond motifs is 1. The fourth-order valence-electron chi connectivity index (χ4n) is 5.02. The third-order valence-corrected chi connectivity index (χ3v) is 8.60. The molecule has 6 nitrogen and oxygen atoms in total. The molecular weight excluding hydrogens is 578 g/mol. The Morgan fingerprint density at radius 2 is 1.81 bits per heavy atom. The standard InChI is InChI=1S/C32H27ClF2N4O2S/c1-40-32-22(18-42-30-7-3-23(34)15-28(30)35)13-21(17-37-32)19-2-6-29-20(12-19)14-26(31(36)38-29)25-5-4-24(16-27(25)33)39-8-10-41-11-9-39/h2-7,12-17H,8-11,18H2,1H3,(H2,36,38). The molecule has 1 fully saturated rings. The number of nitrogen functional groups attached to an aromatic ring is 1. The van der Waals surface area contributed by atoms with Gasteiger partial charge in [-0.1, -0.05) is 23.7 Å². The molecule has 0 aliphatic carbocycles. The molecule has 10 heteroatoms. The molecule has 3 aromatic carbocycles. The van der Waals surface area contributed by atoms with Gasteiger partial charge in [-0.05, 0) is 54.1 Å². The van der Waals surface area contributed by atoms with E-state index in [0.29, 0.717) is 40.6 Å². The van der Waals surface area contributed by atoms with Crippen LogP contribution in [0.5, 0.6) is 5.88 Å². The molecule has 0 spiro atoms. The van der Waals surface area contributed by atoms with Crippen LogP contribution >= 0.6 is 23.4 Å². The lowest BCUT2D eigenvalue weighted by Gasteiger charge is -2.29. The highest BCUT2D eigenvalue weighted by Crippen LogP contribution is 2.37. The van der Waals surface area contributed by atoms with Crippen molar-refractivity contribution in [3.63, 3.8) is 0 Å². The van der Waals surface area contributed by atoms with E-state index >= 15 is 0 Å². The number of nitrogens with two attached hydrogens (primary N) is 1. The van der Waals surface area contributed by atoms with Gasteiger partial charge in [-0.3, -0.25) is 0 Å². The third-order valence-electron chi connectivity index (χ3n) is 7.19. The molecule has 3 heterocycles. The number of anilines is 2. The van der Waals surface area contributed by atoms with Gasteiger partial charge in [0.1, 0.15) is 17.5 Å². The molecule has 214 valence electrons. The van der Waals surface area contributed by atoms with E-state index in [4.69, 9.17) is 26.8 Å². The average Bonchev–Trinajstić information content (AvgIpc) is 3.00. The molecule has 42 heavy (non-hydrogen) atoms. The Balaban J connectivity index is 1.31. The van der Waals surface area contributed by atoms with E-state index in [-0.39, 0.29) is 0 Å². The molecule has 0 radical (unpaired) electrons. The van der Waals surface area contributed by atoms with Crippen molar-refractivity contribution < 1.29 is 18.3 Å². The molecule has 0 atom stereocenters. The lowest BCUT2D eigenvalue weighted by atomic mass is 10.00. The van der Waals surface area contributed by atoms with Crippen molar-refractivity contribution in [3.05, 3.63) is 95.1 Å². The minimum Gasteiger partial charge on any atom is -0.481 e. The molecule has 2 N–H and O–H groups in total. The smallest absolute Gasteiger partial charge is 0.217 e. The number of thioether (sulfide) groups is 1. The Bertz CT molecular complexity index is 1780. The van der Waals surface area contributed by atoms with Crippen molar-refractivity contribution in [3.8, 4) is 28.1 Å². The van der Waals surface area contributed by atoms with Crippen molar-refractivity contribution in [2.75, 3.05) is 44.0 Å².